The van der Waals surface area contributed by atoms with Crippen molar-refractivity contribution < 1.29 is 5.11 Å². The summed E-state index contributed by atoms with van der Waals surface area (Å²) < 4.78 is 0. The highest BCUT2D eigenvalue weighted by Gasteiger charge is 2.29. The van der Waals surface area contributed by atoms with Crippen molar-refractivity contribution in [3.8, 4) is 0 Å². The van der Waals surface area contributed by atoms with Crippen molar-refractivity contribution in [3.05, 3.63) is 0 Å². The number of hydrogen-bond donors (Lipinski definition) is 2. The zero-order valence-corrected chi connectivity index (χ0v) is 11.5. The van der Waals surface area contributed by atoms with Crippen molar-refractivity contribution >= 4 is 0 Å². The van der Waals surface area contributed by atoms with Crippen LogP contribution in [0.2, 0.25) is 0 Å². The number of aliphatic hydroxyl groups excluding tert-OH is 1. The van der Waals surface area contributed by atoms with Crippen LogP contribution in [0.15, 0.2) is 0 Å². The van der Waals surface area contributed by atoms with Crippen LogP contribution < -0.4 is 5.32 Å². The Hall–Kier alpha value is -0.120. The van der Waals surface area contributed by atoms with Gasteiger partial charge in [-0.3, -0.25) is 4.90 Å². The second-order valence-corrected chi connectivity index (χ2v) is 6.62. The molecule has 1 aliphatic rings. The third-order valence-electron chi connectivity index (χ3n) is 3.43. The molecule has 0 radical (unpaired) electrons. The number of nitrogens with one attached hydrogen (secondary N) is 1. The molecule has 0 aliphatic carbocycles. The second-order valence-electron chi connectivity index (χ2n) is 6.62. The Morgan fingerprint density at radius 1 is 1.12 bits per heavy atom. The van der Waals surface area contributed by atoms with Gasteiger partial charge < -0.3 is 10.4 Å². The zero-order chi connectivity index (χ0) is 12.4. The highest BCUT2D eigenvalue weighted by molar-refractivity contribution is 4.88. The summed E-state index contributed by atoms with van der Waals surface area (Å²) in [6.07, 6.45) is 2.36. The number of aliphatic hydroxyl groups is 1. The third-order valence-corrected chi connectivity index (χ3v) is 3.43. The van der Waals surface area contributed by atoms with E-state index in [1.165, 1.54) is 12.8 Å². The SMILES string of the molecule is CC(C)(CO)NC1CCN(C(C)(C)C)CC1. The topological polar surface area (TPSA) is 35.5 Å². The lowest BCUT2D eigenvalue weighted by atomic mass is 9.95. The summed E-state index contributed by atoms with van der Waals surface area (Å²) in [5, 5.41) is 12.8. The van der Waals surface area contributed by atoms with Crippen LogP contribution in [0, 0.1) is 0 Å². The van der Waals surface area contributed by atoms with E-state index in [2.05, 4.69) is 44.8 Å². The Morgan fingerprint density at radius 3 is 2.00 bits per heavy atom. The summed E-state index contributed by atoms with van der Waals surface area (Å²) in [7, 11) is 0. The quantitative estimate of drug-likeness (QED) is 0.770. The lowest BCUT2D eigenvalue weighted by Crippen LogP contribution is -2.55. The number of likely N-dealkylation sites (tertiary alicyclic amines) is 1. The van der Waals surface area contributed by atoms with E-state index in [-0.39, 0.29) is 17.7 Å². The van der Waals surface area contributed by atoms with Crippen LogP contribution in [0.3, 0.4) is 0 Å². The molecule has 0 aromatic carbocycles. The van der Waals surface area contributed by atoms with Crippen LogP contribution in [0.4, 0.5) is 0 Å². The molecular formula is C13H28N2O. The largest absolute Gasteiger partial charge is 0.394 e. The van der Waals surface area contributed by atoms with Gasteiger partial charge in [-0.15, -0.1) is 0 Å². The van der Waals surface area contributed by atoms with Crippen LogP contribution in [-0.2, 0) is 0 Å². The van der Waals surface area contributed by atoms with E-state index in [4.69, 9.17) is 0 Å². The van der Waals surface area contributed by atoms with Gasteiger partial charge in [-0.05, 0) is 47.5 Å². The molecule has 3 heteroatoms. The molecule has 1 saturated heterocycles. The molecule has 1 aliphatic heterocycles. The van der Waals surface area contributed by atoms with E-state index in [1.807, 2.05) is 0 Å². The van der Waals surface area contributed by atoms with Crippen molar-refractivity contribution in [2.75, 3.05) is 19.7 Å². The molecule has 2 N–H and O–H groups in total. The molecule has 0 atom stereocenters. The summed E-state index contributed by atoms with van der Waals surface area (Å²) in [5.41, 5.74) is 0.145. The van der Waals surface area contributed by atoms with Gasteiger partial charge >= 0.3 is 0 Å². The number of hydrogen-bond acceptors (Lipinski definition) is 3. The van der Waals surface area contributed by atoms with E-state index >= 15 is 0 Å². The van der Waals surface area contributed by atoms with E-state index in [0.29, 0.717) is 6.04 Å². The lowest BCUT2D eigenvalue weighted by molar-refractivity contribution is 0.0821. The van der Waals surface area contributed by atoms with Gasteiger partial charge in [0, 0.05) is 30.2 Å². The fourth-order valence-electron chi connectivity index (χ4n) is 2.29. The molecule has 1 rings (SSSR count). The van der Waals surface area contributed by atoms with E-state index in [1.54, 1.807) is 0 Å². The molecule has 16 heavy (non-hydrogen) atoms. The smallest absolute Gasteiger partial charge is 0.0607 e. The van der Waals surface area contributed by atoms with Crippen LogP contribution in [0.25, 0.3) is 0 Å². The third kappa shape index (κ3) is 4.04. The van der Waals surface area contributed by atoms with Gasteiger partial charge in [-0.25, -0.2) is 0 Å². The van der Waals surface area contributed by atoms with Gasteiger partial charge in [0.1, 0.15) is 0 Å². The predicted molar refractivity (Wildman–Crippen MR) is 68.6 cm³/mol. The first-order valence-electron chi connectivity index (χ1n) is 6.38. The summed E-state index contributed by atoms with van der Waals surface area (Å²) in [6, 6.07) is 0.556. The van der Waals surface area contributed by atoms with Crippen LogP contribution >= 0.6 is 0 Å². The maximum atomic E-state index is 9.23. The molecule has 0 unspecified atom stereocenters. The van der Waals surface area contributed by atoms with E-state index < -0.39 is 0 Å². The maximum Gasteiger partial charge on any atom is 0.0607 e. The first-order chi connectivity index (χ1) is 7.24. The Balaban J connectivity index is 2.38. The van der Waals surface area contributed by atoms with Crippen LogP contribution in [0.1, 0.15) is 47.5 Å². The van der Waals surface area contributed by atoms with Crippen molar-refractivity contribution in [2.45, 2.75) is 64.6 Å². The summed E-state index contributed by atoms with van der Waals surface area (Å²) in [6.45, 7) is 13.5. The Morgan fingerprint density at radius 2 is 1.62 bits per heavy atom. The molecule has 0 aromatic rings. The molecule has 0 amide bonds. The molecule has 0 spiro atoms. The zero-order valence-electron chi connectivity index (χ0n) is 11.5. The van der Waals surface area contributed by atoms with Gasteiger partial charge in [0.15, 0.2) is 0 Å². The fourth-order valence-corrected chi connectivity index (χ4v) is 2.29. The van der Waals surface area contributed by atoms with E-state index in [0.717, 1.165) is 13.1 Å². The molecular weight excluding hydrogens is 200 g/mol. The summed E-state index contributed by atoms with van der Waals surface area (Å²) >= 11 is 0. The van der Waals surface area contributed by atoms with Gasteiger partial charge in [0.05, 0.1) is 6.61 Å². The maximum absolute atomic E-state index is 9.23. The first kappa shape index (κ1) is 13.9. The molecule has 96 valence electrons. The van der Waals surface area contributed by atoms with Gasteiger partial charge in [-0.1, -0.05) is 0 Å². The highest BCUT2D eigenvalue weighted by atomic mass is 16.3. The van der Waals surface area contributed by atoms with Crippen LogP contribution in [0.5, 0.6) is 0 Å². The van der Waals surface area contributed by atoms with Crippen molar-refractivity contribution in [1.82, 2.24) is 10.2 Å². The number of piperidine rings is 1. The number of rotatable bonds is 3. The highest BCUT2D eigenvalue weighted by Crippen LogP contribution is 2.21. The van der Waals surface area contributed by atoms with E-state index in [9.17, 15) is 5.11 Å². The molecule has 0 bridgehead atoms. The molecule has 1 fully saturated rings. The predicted octanol–water partition coefficient (Wildman–Crippen LogP) is 1.61. The minimum Gasteiger partial charge on any atom is -0.394 e. The molecule has 3 nitrogen and oxygen atoms in total. The second kappa shape index (κ2) is 5.03. The van der Waals surface area contributed by atoms with Crippen LogP contribution in [-0.4, -0.2) is 46.8 Å². The monoisotopic (exact) mass is 228 g/mol. The standard InChI is InChI=1S/C13H28N2O/c1-12(2,3)15-8-6-11(7-9-15)14-13(4,5)10-16/h11,14,16H,6-10H2,1-5H3. The average molecular weight is 228 g/mol. The molecule has 1 heterocycles. The Kier molecular flexibility index (Phi) is 4.38. The van der Waals surface area contributed by atoms with Crippen molar-refractivity contribution in [3.63, 3.8) is 0 Å². The molecule has 0 saturated carbocycles. The summed E-state index contributed by atoms with van der Waals surface area (Å²) in [5.74, 6) is 0. The van der Waals surface area contributed by atoms with Gasteiger partial charge in [-0.2, -0.15) is 0 Å². The Labute approximate surface area is 100 Å². The molecule has 0 aromatic heterocycles. The van der Waals surface area contributed by atoms with Crippen molar-refractivity contribution in [2.24, 2.45) is 0 Å². The average Bonchev–Trinajstić information content (AvgIpc) is 2.16. The van der Waals surface area contributed by atoms with Gasteiger partial charge in [0.25, 0.3) is 0 Å². The van der Waals surface area contributed by atoms with Gasteiger partial charge in [0.2, 0.25) is 0 Å². The summed E-state index contributed by atoms with van der Waals surface area (Å²) in [4.78, 5) is 2.54. The minimum atomic E-state index is -0.144. The first-order valence-corrected chi connectivity index (χ1v) is 6.38. The lowest BCUT2D eigenvalue weighted by Gasteiger charge is -2.42. The Bertz CT molecular complexity index is 212. The number of nitrogens with zero attached hydrogens (tertiary/aromatic N) is 1. The minimum absolute atomic E-state index is 0.144. The van der Waals surface area contributed by atoms with Crippen molar-refractivity contribution in [1.29, 1.82) is 0 Å². The fraction of sp³-hybridized carbons (Fsp3) is 1.00. The normalized spacial score (nSPS) is 21.4.